The topological polar surface area (TPSA) is 73.7 Å². The summed E-state index contributed by atoms with van der Waals surface area (Å²) in [5.41, 5.74) is -2.24. The Labute approximate surface area is 131 Å². The molecule has 1 unspecified atom stereocenters. The standard InChI is InChI=1S/C15H17F3N2O3/c16-15(17,18)14(23)4-1-6-20(7-5-14)13(22)3-2-11-8-12(21)10-19-9-11/h2-3,8-10,21,23H,1,4-7H2/b3-2+. The Bertz CT molecular complexity index is 604. The van der Waals surface area contributed by atoms with E-state index in [1.165, 1.54) is 35.5 Å². The SMILES string of the molecule is O=C(/C=C/c1cncc(O)c1)N1CCCC(O)(C(F)(F)F)CC1. The highest BCUT2D eigenvalue weighted by atomic mass is 19.4. The van der Waals surface area contributed by atoms with Crippen LogP contribution in [-0.2, 0) is 4.79 Å². The Kier molecular flexibility index (Phi) is 4.93. The summed E-state index contributed by atoms with van der Waals surface area (Å²) in [4.78, 5) is 17.1. The second-order valence-corrected chi connectivity index (χ2v) is 5.52. The number of halogens is 3. The van der Waals surface area contributed by atoms with E-state index in [0.717, 1.165) is 0 Å². The van der Waals surface area contributed by atoms with Gasteiger partial charge in [0, 0.05) is 31.8 Å². The molecule has 0 saturated carbocycles. The minimum atomic E-state index is -4.70. The monoisotopic (exact) mass is 330 g/mol. The molecule has 1 aromatic rings. The largest absolute Gasteiger partial charge is 0.506 e. The van der Waals surface area contributed by atoms with Gasteiger partial charge in [-0.2, -0.15) is 13.2 Å². The summed E-state index contributed by atoms with van der Waals surface area (Å²) in [6, 6.07) is 1.40. The van der Waals surface area contributed by atoms with Crippen LogP contribution in [0.3, 0.4) is 0 Å². The molecule has 0 spiro atoms. The van der Waals surface area contributed by atoms with Crippen LogP contribution in [0.15, 0.2) is 24.5 Å². The number of carbonyl (C=O) groups is 1. The van der Waals surface area contributed by atoms with E-state index in [1.54, 1.807) is 0 Å². The van der Waals surface area contributed by atoms with Gasteiger partial charge in [0.15, 0.2) is 5.60 Å². The number of rotatable bonds is 2. The minimum absolute atomic E-state index is 0.0513. The lowest BCUT2D eigenvalue weighted by molar-refractivity contribution is -0.263. The van der Waals surface area contributed by atoms with E-state index in [2.05, 4.69) is 4.98 Å². The van der Waals surface area contributed by atoms with E-state index in [1.807, 2.05) is 0 Å². The molecule has 23 heavy (non-hydrogen) atoms. The molecule has 126 valence electrons. The Balaban J connectivity index is 2.01. The van der Waals surface area contributed by atoms with Crippen LogP contribution in [0, 0.1) is 0 Å². The predicted octanol–water partition coefficient (Wildman–Crippen LogP) is 2.11. The van der Waals surface area contributed by atoms with Crippen LogP contribution in [-0.4, -0.2) is 50.9 Å². The quantitative estimate of drug-likeness (QED) is 0.815. The molecule has 0 bridgehead atoms. The van der Waals surface area contributed by atoms with Gasteiger partial charge in [-0.1, -0.05) is 0 Å². The fourth-order valence-electron chi connectivity index (χ4n) is 2.43. The van der Waals surface area contributed by atoms with E-state index < -0.39 is 30.5 Å². The van der Waals surface area contributed by atoms with Crippen molar-refractivity contribution < 1.29 is 28.2 Å². The molecule has 1 aliphatic heterocycles. The highest BCUT2D eigenvalue weighted by Crippen LogP contribution is 2.38. The maximum Gasteiger partial charge on any atom is 0.417 e. The maximum atomic E-state index is 12.8. The molecule has 1 aliphatic rings. The van der Waals surface area contributed by atoms with E-state index in [4.69, 9.17) is 0 Å². The maximum absolute atomic E-state index is 12.8. The fraction of sp³-hybridized carbons (Fsp3) is 0.467. The van der Waals surface area contributed by atoms with E-state index in [-0.39, 0.29) is 25.3 Å². The highest BCUT2D eigenvalue weighted by Gasteiger charge is 2.53. The number of hydrogen-bond donors (Lipinski definition) is 2. The molecular weight excluding hydrogens is 313 g/mol. The van der Waals surface area contributed by atoms with Gasteiger partial charge < -0.3 is 15.1 Å². The number of alkyl halides is 3. The van der Waals surface area contributed by atoms with Crippen molar-refractivity contribution in [3.8, 4) is 5.75 Å². The summed E-state index contributed by atoms with van der Waals surface area (Å²) in [7, 11) is 0. The van der Waals surface area contributed by atoms with Crippen molar-refractivity contribution in [3.63, 3.8) is 0 Å². The molecule has 0 radical (unpaired) electrons. The van der Waals surface area contributed by atoms with Crippen molar-refractivity contribution in [1.82, 2.24) is 9.88 Å². The number of aromatic nitrogens is 1. The second-order valence-electron chi connectivity index (χ2n) is 5.52. The predicted molar refractivity (Wildman–Crippen MR) is 76.4 cm³/mol. The molecule has 1 aromatic heterocycles. The third kappa shape index (κ3) is 4.22. The van der Waals surface area contributed by atoms with Crippen LogP contribution >= 0.6 is 0 Å². The van der Waals surface area contributed by atoms with Crippen molar-refractivity contribution in [2.24, 2.45) is 0 Å². The lowest BCUT2D eigenvalue weighted by Crippen LogP contribution is -2.45. The summed E-state index contributed by atoms with van der Waals surface area (Å²) in [5, 5.41) is 19.0. The second kappa shape index (κ2) is 6.57. The number of aliphatic hydroxyl groups is 1. The van der Waals surface area contributed by atoms with E-state index in [0.29, 0.717) is 5.56 Å². The first-order valence-electron chi connectivity index (χ1n) is 7.11. The van der Waals surface area contributed by atoms with Gasteiger partial charge in [0.1, 0.15) is 5.75 Å². The van der Waals surface area contributed by atoms with Crippen molar-refractivity contribution in [2.45, 2.75) is 31.0 Å². The molecule has 1 fully saturated rings. The van der Waals surface area contributed by atoms with Gasteiger partial charge in [-0.15, -0.1) is 0 Å². The van der Waals surface area contributed by atoms with Gasteiger partial charge in [-0.3, -0.25) is 9.78 Å². The van der Waals surface area contributed by atoms with Crippen molar-refractivity contribution in [3.05, 3.63) is 30.1 Å². The molecule has 5 nitrogen and oxygen atoms in total. The minimum Gasteiger partial charge on any atom is -0.506 e. The average molecular weight is 330 g/mol. The van der Waals surface area contributed by atoms with Gasteiger partial charge >= 0.3 is 6.18 Å². The van der Waals surface area contributed by atoms with Crippen LogP contribution in [0.1, 0.15) is 24.8 Å². The first kappa shape index (κ1) is 17.3. The van der Waals surface area contributed by atoms with Crippen LogP contribution in [0.5, 0.6) is 5.75 Å². The number of likely N-dealkylation sites (tertiary alicyclic amines) is 1. The van der Waals surface area contributed by atoms with Crippen molar-refractivity contribution >= 4 is 12.0 Å². The molecule has 0 aliphatic carbocycles. The summed E-state index contributed by atoms with van der Waals surface area (Å²) in [5.74, 6) is -0.496. The fourth-order valence-corrected chi connectivity index (χ4v) is 2.43. The number of hydrogen-bond acceptors (Lipinski definition) is 4. The Morgan fingerprint density at radius 1 is 1.30 bits per heavy atom. The normalized spacial score (nSPS) is 23.0. The Hall–Kier alpha value is -2.09. The number of carbonyl (C=O) groups excluding carboxylic acids is 1. The molecule has 8 heteroatoms. The molecule has 2 rings (SSSR count). The van der Waals surface area contributed by atoms with Gasteiger partial charge in [-0.25, -0.2) is 0 Å². The molecule has 2 heterocycles. The third-order valence-electron chi connectivity index (χ3n) is 3.82. The molecule has 1 amide bonds. The Morgan fingerprint density at radius 2 is 2.04 bits per heavy atom. The van der Waals surface area contributed by atoms with Crippen LogP contribution < -0.4 is 0 Å². The number of amides is 1. The first-order chi connectivity index (χ1) is 10.7. The van der Waals surface area contributed by atoms with Crippen LogP contribution in [0.2, 0.25) is 0 Å². The van der Waals surface area contributed by atoms with Crippen molar-refractivity contribution in [2.75, 3.05) is 13.1 Å². The van der Waals surface area contributed by atoms with Gasteiger partial charge in [0.25, 0.3) is 0 Å². The lowest BCUT2D eigenvalue weighted by Gasteiger charge is -2.29. The molecule has 1 saturated heterocycles. The smallest absolute Gasteiger partial charge is 0.417 e. The van der Waals surface area contributed by atoms with Crippen molar-refractivity contribution in [1.29, 1.82) is 0 Å². The Morgan fingerprint density at radius 3 is 2.70 bits per heavy atom. The molecular formula is C15H17F3N2O3. The zero-order valence-electron chi connectivity index (χ0n) is 12.3. The summed E-state index contributed by atoms with van der Waals surface area (Å²) in [6.45, 7) is -0.0165. The zero-order valence-corrected chi connectivity index (χ0v) is 12.3. The van der Waals surface area contributed by atoms with Crippen LogP contribution in [0.4, 0.5) is 13.2 Å². The van der Waals surface area contributed by atoms with Crippen LogP contribution in [0.25, 0.3) is 6.08 Å². The van der Waals surface area contributed by atoms with Gasteiger partial charge in [-0.05, 0) is 30.5 Å². The van der Waals surface area contributed by atoms with E-state index in [9.17, 15) is 28.2 Å². The molecule has 2 N–H and O–H groups in total. The zero-order chi connectivity index (χ0) is 17.1. The number of aromatic hydroxyl groups is 1. The summed E-state index contributed by atoms with van der Waals surface area (Å²) < 4.78 is 38.5. The average Bonchev–Trinajstić information content (AvgIpc) is 2.67. The molecule has 1 atom stereocenters. The van der Waals surface area contributed by atoms with E-state index >= 15 is 0 Å². The van der Waals surface area contributed by atoms with Gasteiger partial charge in [0.05, 0.1) is 6.20 Å². The molecule has 0 aromatic carbocycles. The summed E-state index contributed by atoms with van der Waals surface area (Å²) >= 11 is 0. The number of pyridine rings is 1. The number of nitrogens with zero attached hydrogens (tertiary/aromatic N) is 2. The van der Waals surface area contributed by atoms with Gasteiger partial charge in [0.2, 0.25) is 5.91 Å². The third-order valence-corrected chi connectivity index (χ3v) is 3.82. The first-order valence-corrected chi connectivity index (χ1v) is 7.11. The summed E-state index contributed by atoms with van der Waals surface area (Å²) in [6.07, 6.45) is -0.257. The lowest BCUT2D eigenvalue weighted by atomic mass is 9.94. The highest BCUT2D eigenvalue weighted by molar-refractivity contribution is 5.91.